The average Bonchev–Trinajstić information content (AvgIpc) is 2.57. The molecule has 1 aliphatic rings. The second-order valence-corrected chi connectivity index (χ2v) is 6.83. The molecule has 1 aliphatic carbocycles. The highest BCUT2D eigenvalue weighted by Crippen LogP contribution is 2.38. The van der Waals surface area contributed by atoms with E-state index < -0.39 is 5.82 Å². The number of hydrogen-bond donors (Lipinski definition) is 0. The largest absolute Gasteiger partial charge is 0.490 e. The summed E-state index contributed by atoms with van der Waals surface area (Å²) in [7, 11) is 0. The molecule has 1 aromatic rings. The first kappa shape index (κ1) is 18.3. The van der Waals surface area contributed by atoms with Crippen molar-refractivity contribution in [3.63, 3.8) is 0 Å². The Morgan fingerprint density at radius 2 is 2.04 bits per heavy atom. The van der Waals surface area contributed by atoms with Crippen LogP contribution in [0.3, 0.4) is 0 Å². The maximum Gasteiger partial charge on any atom is 0.184 e. The van der Waals surface area contributed by atoms with E-state index in [1.54, 1.807) is 6.07 Å². The molecule has 0 aromatic heterocycles. The Balaban J connectivity index is 2.03. The Morgan fingerprint density at radius 1 is 1.22 bits per heavy atom. The summed E-state index contributed by atoms with van der Waals surface area (Å²) >= 11 is 6.25. The van der Waals surface area contributed by atoms with E-state index in [1.165, 1.54) is 37.7 Å². The number of benzene rings is 1. The zero-order chi connectivity index (χ0) is 16.7. The van der Waals surface area contributed by atoms with Crippen LogP contribution in [0, 0.1) is 11.7 Å². The summed E-state index contributed by atoms with van der Waals surface area (Å²) in [6.07, 6.45) is 11.6. The van der Waals surface area contributed by atoms with Gasteiger partial charge in [-0.25, -0.2) is 4.39 Å². The fraction of sp³-hybridized carbons (Fsp3) is 0.600. The quantitative estimate of drug-likeness (QED) is 0.462. The molecular weight excluding hydrogens is 311 g/mol. The molecule has 0 fully saturated rings. The summed E-state index contributed by atoms with van der Waals surface area (Å²) < 4.78 is 19.7. The first-order valence-corrected chi connectivity index (χ1v) is 9.35. The lowest BCUT2D eigenvalue weighted by molar-refractivity contribution is 0.301. The molecule has 0 saturated heterocycles. The molecule has 1 aromatic carbocycles. The van der Waals surface area contributed by atoms with Crippen molar-refractivity contribution in [1.29, 1.82) is 0 Å². The van der Waals surface area contributed by atoms with Crippen LogP contribution in [-0.4, -0.2) is 6.61 Å². The number of rotatable bonds is 8. The Bertz CT molecular complexity index is 539. The Kier molecular flexibility index (Phi) is 7.42. The van der Waals surface area contributed by atoms with Gasteiger partial charge in [0.15, 0.2) is 11.6 Å². The van der Waals surface area contributed by atoms with Crippen LogP contribution in [-0.2, 0) is 0 Å². The summed E-state index contributed by atoms with van der Waals surface area (Å²) in [4.78, 5) is 0. The SMILES string of the molecule is CCCCCC1CC=C(c2ccc(OCCC)c(F)c2Cl)CC1. The van der Waals surface area contributed by atoms with Crippen LogP contribution in [0.2, 0.25) is 5.02 Å². The van der Waals surface area contributed by atoms with Gasteiger partial charge in [-0.2, -0.15) is 0 Å². The van der Waals surface area contributed by atoms with Crippen molar-refractivity contribution in [2.75, 3.05) is 6.61 Å². The molecule has 0 amide bonds. The summed E-state index contributed by atoms with van der Waals surface area (Å²) in [5.41, 5.74) is 2.02. The van der Waals surface area contributed by atoms with Crippen LogP contribution < -0.4 is 4.74 Å². The first-order chi connectivity index (χ1) is 11.2. The third-order valence-electron chi connectivity index (χ3n) is 4.59. The maximum atomic E-state index is 14.3. The van der Waals surface area contributed by atoms with Gasteiger partial charge in [0, 0.05) is 0 Å². The van der Waals surface area contributed by atoms with Crippen LogP contribution in [0.5, 0.6) is 5.75 Å². The molecule has 1 nitrogen and oxygen atoms in total. The topological polar surface area (TPSA) is 9.23 Å². The Labute approximate surface area is 144 Å². The van der Waals surface area contributed by atoms with E-state index in [4.69, 9.17) is 16.3 Å². The van der Waals surface area contributed by atoms with Gasteiger partial charge in [0.05, 0.1) is 11.6 Å². The fourth-order valence-electron chi connectivity index (χ4n) is 3.18. The normalized spacial score (nSPS) is 17.9. The van der Waals surface area contributed by atoms with E-state index in [0.29, 0.717) is 6.61 Å². The van der Waals surface area contributed by atoms with Gasteiger partial charge in [-0.05, 0) is 54.9 Å². The minimum absolute atomic E-state index is 0.203. The van der Waals surface area contributed by atoms with Gasteiger partial charge in [-0.15, -0.1) is 0 Å². The van der Waals surface area contributed by atoms with Gasteiger partial charge < -0.3 is 4.74 Å². The Hall–Kier alpha value is -1.02. The molecule has 23 heavy (non-hydrogen) atoms. The van der Waals surface area contributed by atoms with Crippen molar-refractivity contribution in [3.8, 4) is 5.75 Å². The third kappa shape index (κ3) is 4.97. The van der Waals surface area contributed by atoms with E-state index in [-0.39, 0.29) is 10.8 Å². The smallest absolute Gasteiger partial charge is 0.184 e. The van der Waals surface area contributed by atoms with Crippen molar-refractivity contribution in [3.05, 3.63) is 34.6 Å². The number of halogens is 2. The lowest BCUT2D eigenvalue weighted by Crippen LogP contribution is -2.06. The van der Waals surface area contributed by atoms with E-state index >= 15 is 0 Å². The molecule has 0 radical (unpaired) electrons. The molecule has 3 heteroatoms. The molecular formula is C20H28ClFO. The molecule has 0 N–H and O–H groups in total. The molecule has 0 bridgehead atoms. The van der Waals surface area contributed by atoms with Gasteiger partial charge in [-0.1, -0.05) is 57.2 Å². The molecule has 128 valence electrons. The summed E-state index contributed by atoms with van der Waals surface area (Å²) in [6.45, 7) is 4.75. The maximum absolute atomic E-state index is 14.3. The van der Waals surface area contributed by atoms with Crippen molar-refractivity contribution in [1.82, 2.24) is 0 Å². The number of allylic oxidation sites excluding steroid dienone is 2. The standard InChI is InChI=1S/C20H28ClFO/c1-3-5-6-7-15-8-10-16(11-9-15)17-12-13-18(23-14-4-2)20(22)19(17)21/h10,12-13,15H,3-9,11,14H2,1-2H3. The van der Waals surface area contributed by atoms with Gasteiger partial charge in [0.1, 0.15) is 0 Å². The third-order valence-corrected chi connectivity index (χ3v) is 4.96. The number of hydrogen-bond acceptors (Lipinski definition) is 1. The predicted octanol–water partition coefficient (Wildman–Crippen LogP) is 7.03. The van der Waals surface area contributed by atoms with Gasteiger partial charge in [-0.3, -0.25) is 0 Å². The highest BCUT2D eigenvalue weighted by molar-refractivity contribution is 6.32. The predicted molar refractivity (Wildman–Crippen MR) is 96.7 cm³/mol. The van der Waals surface area contributed by atoms with E-state index in [0.717, 1.165) is 30.7 Å². The highest BCUT2D eigenvalue weighted by atomic mass is 35.5. The van der Waals surface area contributed by atoms with Crippen LogP contribution in [0.4, 0.5) is 4.39 Å². The molecule has 1 atom stereocenters. The second-order valence-electron chi connectivity index (χ2n) is 6.45. The van der Waals surface area contributed by atoms with E-state index in [9.17, 15) is 4.39 Å². The molecule has 0 spiro atoms. The summed E-state index contributed by atoms with van der Waals surface area (Å²) in [6, 6.07) is 3.61. The number of ether oxygens (including phenoxy) is 1. The molecule has 1 unspecified atom stereocenters. The van der Waals surface area contributed by atoms with Crippen molar-refractivity contribution < 1.29 is 9.13 Å². The monoisotopic (exact) mass is 338 g/mol. The average molecular weight is 339 g/mol. The second kappa shape index (κ2) is 9.32. The molecule has 0 heterocycles. The summed E-state index contributed by atoms with van der Waals surface area (Å²) in [5.74, 6) is 0.610. The van der Waals surface area contributed by atoms with Gasteiger partial charge >= 0.3 is 0 Å². The fourth-order valence-corrected chi connectivity index (χ4v) is 3.46. The molecule has 0 aliphatic heterocycles. The lowest BCUT2D eigenvalue weighted by Gasteiger charge is -2.23. The van der Waals surface area contributed by atoms with Gasteiger partial charge in [0.2, 0.25) is 0 Å². The van der Waals surface area contributed by atoms with Crippen molar-refractivity contribution in [2.45, 2.75) is 65.2 Å². The first-order valence-electron chi connectivity index (χ1n) is 8.97. The number of unbranched alkanes of at least 4 members (excludes halogenated alkanes) is 2. The highest BCUT2D eigenvalue weighted by Gasteiger charge is 2.19. The van der Waals surface area contributed by atoms with Crippen LogP contribution in [0.15, 0.2) is 18.2 Å². The molecule has 2 rings (SSSR count). The van der Waals surface area contributed by atoms with Crippen LogP contribution in [0.25, 0.3) is 5.57 Å². The zero-order valence-corrected chi connectivity index (χ0v) is 15.1. The zero-order valence-electron chi connectivity index (χ0n) is 14.3. The van der Waals surface area contributed by atoms with Crippen molar-refractivity contribution >= 4 is 17.2 Å². The van der Waals surface area contributed by atoms with E-state index in [1.807, 2.05) is 13.0 Å². The van der Waals surface area contributed by atoms with Crippen molar-refractivity contribution in [2.24, 2.45) is 5.92 Å². The van der Waals surface area contributed by atoms with Crippen LogP contribution in [0.1, 0.15) is 70.8 Å². The minimum atomic E-state index is -0.427. The summed E-state index contributed by atoms with van der Waals surface area (Å²) in [5, 5.41) is 0.203. The minimum Gasteiger partial charge on any atom is -0.490 e. The van der Waals surface area contributed by atoms with Gasteiger partial charge in [0.25, 0.3) is 0 Å². The Morgan fingerprint density at radius 3 is 2.70 bits per heavy atom. The molecule has 0 saturated carbocycles. The van der Waals surface area contributed by atoms with E-state index in [2.05, 4.69) is 13.0 Å². The van der Waals surface area contributed by atoms with Crippen LogP contribution >= 0.6 is 11.6 Å². The lowest BCUT2D eigenvalue weighted by atomic mass is 9.84.